The van der Waals surface area contributed by atoms with E-state index in [0.29, 0.717) is 6.42 Å². The van der Waals surface area contributed by atoms with Crippen molar-refractivity contribution in [3.8, 4) is 0 Å². The predicted molar refractivity (Wildman–Crippen MR) is 82.0 cm³/mol. The Morgan fingerprint density at radius 1 is 1.35 bits per heavy atom. The molecule has 0 fully saturated rings. The first-order valence-electron chi connectivity index (χ1n) is 6.59. The summed E-state index contributed by atoms with van der Waals surface area (Å²) in [6.45, 7) is 2.13. The molecular formula is C15H18N2O2S. The van der Waals surface area contributed by atoms with E-state index in [1.54, 1.807) is 0 Å². The summed E-state index contributed by atoms with van der Waals surface area (Å²) in [7, 11) is 1.97. The second-order valence-corrected chi connectivity index (χ2v) is 5.43. The van der Waals surface area contributed by atoms with E-state index in [1.807, 2.05) is 17.3 Å². The molecule has 0 radical (unpaired) electrons. The molecule has 20 heavy (non-hydrogen) atoms. The molecule has 2 aromatic rings. The minimum Gasteiger partial charge on any atom is -0.481 e. The third-order valence-electron chi connectivity index (χ3n) is 3.15. The summed E-state index contributed by atoms with van der Waals surface area (Å²) < 4.78 is 0. The molecule has 5 heteroatoms. The summed E-state index contributed by atoms with van der Waals surface area (Å²) in [6, 6.07) is 8.39. The Hall–Kier alpha value is -1.88. The third-order valence-corrected chi connectivity index (χ3v) is 4.12. The number of anilines is 2. The number of hydrogen-bond acceptors (Lipinski definition) is 4. The van der Waals surface area contributed by atoms with E-state index < -0.39 is 5.97 Å². The SMILES string of the molecule is CCc1ccc(N(C)c2nc(CCC(=O)O)cs2)cc1. The van der Waals surface area contributed by atoms with Crippen molar-refractivity contribution in [1.29, 1.82) is 0 Å². The highest BCUT2D eigenvalue weighted by atomic mass is 32.1. The molecule has 0 saturated heterocycles. The molecule has 0 aliphatic carbocycles. The van der Waals surface area contributed by atoms with E-state index in [-0.39, 0.29) is 6.42 Å². The lowest BCUT2D eigenvalue weighted by molar-refractivity contribution is -0.136. The number of aromatic nitrogens is 1. The van der Waals surface area contributed by atoms with Gasteiger partial charge in [0.05, 0.1) is 12.1 Å². The van der Waals surface area contributed by atoms with Gasteiger partial charge >= 0.3 is 5.97 Å². The van der Waals surface area contributed by atoms with Crippen LogP contribution in [-0.4, -0.2) is 23.1 Å². The van der Waals surface area contributed by atoms with Crippen molar-refractivity contribution in [1.82, 2.24) is 4.98 Å². The van der Waals surface area contributed by atoms with Crippen molar-refractivity contribution in [3.05, 3.63) is 40.9 Å². The average molecular weight is 290 g/mol. The molecule has 0 aliphatic heterocycles. The van der Waals surface area contributed by atoms with Crippen LogP contribution in [0, 0.1) is 0 Å². The van der Waals surface area contributed by atoms with Crippen LogP contribution in [0.5, 0.6) is 0 Å². The molecule has 1 aromatic heterocycles. The maximum absolute atomic E-state index is 10.6. The van der Waals surface area contributed by atoms with Crippen LogP contribution in [0.25, 0.3) is 0 Å². The molecule has 1 heterocycles. The lowest BCUT2D eigenvalue weighted by atomic mass is 10.1. The summed E-state index contributed by atoms with van der Waals surface area (Å²) >= 11 is 1.54. The molecule has 0 bridgehead atoms. The van der Waals surface area contributed by atoms with Gasteiger partial charge < -0.3 is 10.0 Å². The molecule has 0 aliphatic rings. The highest BCUT2D eigenvalue weighted by molar-refractivity contribution is 7.13. The normalized spacial score (nSPS) is 10.5. The molecule has 1 aromatic carbocycles. The fraction of sp³-hybridized carbons (Fsp3) is 0.333. The average Bonchev–Trinajstić information content (AvgIpc) is 2.93. The van der Waals surface area contributed by atoms with E-state index in [4.69, 9.17) is 5.11 Å². The molecule has 106 valence electrons. The Balaban J connectivity index is 2.08. The number of aryl methyl sites for hydroxylation is 2. The lowest BCUT2D eigenvalue weighted by Gasteiger charge is -2.16. The zero-order valence-electron chi connectivity index (χ0n) is 11.7. The fourth-order valence-corrected chi connectivity index (χ4v) is 2.71. The van der Waals surface area contributed by atoms with E-state index in [1.165, 1.54) is 16.9 Å². The van der Waals surface area contributed by atoms with Crippen molar-refractivity contribution < 1.29 is 9.90 Å². The van der Waals surface area contributed by atoms with Crippen molar-refractivity contribution in [2.24, 2.45) is 0 Å². The van der Waals surface area contributed by atoms with Gasteiger partial charge in [-0.3, -0.25) is 4.79 Å². The molecule has 1 N–H and O–H groups in total. The Labute approximate surface area is 122 Å². The first-order valence-corrected chi connectivity index (χ1v) is 7.47. The fourth-order valence-electron chi connectivity index (χ4n) is 1.87. The second-order valence-electron chi connectivity index (χ2n) is 4.59. The number of aliphatic carboxylic acids is 1. The zero-order valence-corrected chi connectivity index (χ0v) is 12.5. The summed E-state index contributed by atoms with van der Waals surface area (Å²) in [5.74, 6) is -0.789. The maximum atomic E-state index is 10.6. The van der Waals surface area contributed by atoms with Gasteiger partial charge in [-0.05, 0) is 24.1 Å². The number of nitrogens with zero attached hydrogens (tertiary/aromatic N) is 2. The van der Waals surface area contributed by atoms with E-state index in [2.05, 4.69) is 36.2 Å². The summed E-state index contributed by atoms with van der Waals surface area (Å²) in [5, 5.41) is 11.5. The third kappa shape index (κ3) is 3.57. The van der Waals surface area contributed by atoms with Crippen molar-refractivity contribution in [3.63, 3.8) is 0 Å². The minimum atomic E-state index is -0.789. The van der Waals surface area contributed by atoms with Crippen molar-refractivity contribution in [2.45, 2.75) is 26.2 Å². The van der Waals surface area contributed by atoms with E-state index in [0.717, 1.165) is 22.9 Å². The van der Waals surface area contributed by atoms with Crippen LogP contribution in [0.2, 0.25) is 0 Å². The van der Waals surface area contributed by atoms with Crippen LogP contribution in [0.3, 0.4) is 0 Å². The highest BCUT2D eigenvalue weighted by Crippen LogP contribution is 2.27. The minimum absolute atomic E-state index is 0.123. The number of carbonyl (C=O) groups is 1. The number of carboxylic acid groups (broad SMARTS) is 1. The van der Waals surface area contributed by atoms with Crippen LogP contribution in [0.4, 0.5) is 10.8 Å². The Bertz CT molecular complexity index is 578. The molecule has 0 atom stereocenters. The van der Waals surface area contributed by atoms with Crippen LogP contribution in [0.15, 0.2) is 29.6 Å². The van der Waals surface area contributed by atoms with Gasteiger partial charge in [-0.15, -0.1) is 11.3 Å². The molecule has 0 spiro atoms. The smallest absolute Gasteiger partial charge is 0.303 e. The van der Waals surface area contributed by atoms with Crippen LogP contribution < -0.4 is 4.90 Å². The number of thiazole rings is 1. The topological polar surface area (TPSA) is 53.4 Å². The second kappa shape index (κ2) is 6.52. The van der Waals surface area contributed by atoms with E-state index in [9.17, 15) is 4.79 Å². The number of hydrogen-bond donors (Lipinski definition) is 1. The zero-order chi connectivity index (χ0) is 14.5. The van der Waals surface area contributed by atoms with Gasteiger partial charge in [0, 0.05) is 24.5 Å². The van der Waals surface area contributed by atoms with E-state index >= 15 is 0 Å². The van der Waals surface area contributed by atoms with Gasteiger partial charge in [0.15, 0.2) is 5.13 Å². The Kier molecular flexibility index (Phi) is 4.74. The van der Waals surface area contributed by atoms with Crippen LogP contribution >= 0.6 is 11.3 Å². The standard InChI is InChI=1S/C15H18N2O2S/c1-3-11-4-7-13(8-5-11)17(2)15-16-12(10-20-15)6-9-14(18)19/h4-5,7-8,10H,3,6,9H2,1-2H3,(H,18,19). The number of benzene rings is 1. The lowest BCUT2D eigenvalue weighted by Crippen LogP contribution is -2.09. The first kappa shape index (κ1) is 14.5. The molecule has 0 amide bonds. The van der Waals surface area contributed by atoms with Crippen LogP contribution in [-0.2, 0) is 17.6 Å². The Morgan fingerprint density at radius 3 is 2.65 bits per heavy atom. The summed E-state index contributed by atoms with van der Waals surface area (Å²) in [6.07, 6.45) is 1.63. The monoisotopic (exact) mass is 290 g/mol. The largest absolute Gasteiger partial charge is 0.481 e. The highest BCUT2D eigenvalue weighted by Gasteiger charge is 2.10. The van der Waals surface area contributed by atoms with Gasteiger partial charge in [-0.2, -0.15) is 0 Å². The number of rotatable bonds is 6. The van der Waals surface area contributed by atoms with Gasteiger partial charge in [-0.25, -0.2) is 4.98 Å². The first-order chi connectivity index (χ1) is 9.60. The summed E-state index contributed by atoms with van der Waals surface area (Å²) in [5.41, 5.74) is 3.23. The van der Waals surface area contributed by atoms with Crippen molar-refractivity contribution >= 4 is 28.1 Å². The molecule has 2 rings (SSSR count). The quantitative estimate of drug-likeness (QED) is 0.884. The molecule has 4 nitrogen and oxygen atoms in total. The molecular weight excluding hydrogens is 272 g/mol. The number of carboxylic acids is 1. The van der Waals surface area contributed by atoms with Gasteiger partial charge in [0.1, 0.15) is 0 Å². The van der Waals surface area contributed by atoms with Gasteiger partial charge in [0.25, 0.3) is 0 Å². The predicted octanol–water partition coefficient (Wildman–Crippen LogP) is 3.49. The van der Waals surface area contributed by atoms with Crippen LogP contribution in [0.1, 0.15) is 24.6 Å². The van der Waals surface area contributed by atoms with Gasteiger partial charge in [0.2, 0.25) is 0 Å². The summed E-state index contributed by atoms with van der Waals surface area (Å²) in [4.78, 5) is 17.1. The maximum Gasteiger partial charge on any atom is 0.303 e. The van der Waals surface area contributed by atoms with Crippen molar-refractivity contribution in [2.75, 3.05) is 11.9 Å². The van der Waals surface area contributed by atoms with Gasteiger partial charge in [-0.1, -0.05) is 19.1 Å². The molecule has 0 unspecified atom stereocenters. The Morgan fingerprint density at radius 2 is 2.05 bits per heavy atom. The molecule has 0 saturated carbocycles.